The van der Waals surface area contributed by atoms with Crippen LogP contribution in [0, 0.1) is 0 Å². The van der Waals surface area contributed by atoms with Crippen LogP contribution in [0.1, 0.15) is 12.8 Å². The minimum atomic E-state index is 0.0765. The van der Waals surface area contributed by atoms with Gasteiger partial charge in [0, 0.05) is 36.9 Å². The van der Waals surface area contributed by atoms with Crippen molar-refractivity contribution in [2.24, 2.45) is 0 Å². The first-order valence-electron chi connectivity index (χ1n) is 7.01. The molecule has 1 aromatic carbocycles. The van der Waals surface area contributed by atoms with Crippen LogP contribution in [-0.2, 0) is 4.79 Å². The number of nitrogens with one attached hydrogen (secondary N) is 1. The Bertz CT molecular complexity index is 441. The van der Waals surface area contributed by atoms with Crippen molar-refractivity contribution >= 4 is 23.2 Å². The van der Waals surface area contributed by atoms with Gasteiger partial charge in [0.2, 0.25) is 5.91 Å². The van der Waals surface area contributed by atoms with Crippen LogP contribution in [0.15, 0.2) is 24.3 Å². The molecule has 1 saturated heterocycles. The highest BCUT2D eigenvalue weighted by Gasteiger charge is 2.23. The number of carbonyl (C=O) groups is 1. The molecular formula is C15H22ClN3O. The Morgan fingerprint density at radius 1 is 1.35 bits per heavy atom. The highest BCUT2D eigenvalue weighted by molar-refractivity contribution is 6.30. The minimum Gasteiger partial charge on any atom is -0.371 e. The van der Waals surface area contributed by atoms with E-state index < -0.39 is 0 Å². The lowest BCUT2D eigenvalue weighted by Crippen LogP contribution is -2.46. The number of halogens is 1. The Morgan fingerprint density at radius 2 is 1.95 bits per heavy atom. The van der Waals surface area contributed by atoms with Gasteiger partial charge in [0.1, 0.15) is 0 Å². The van der Waals surface area contributed by atoms with Crippen molar-refractivity contribution in [3.8, 4) is 0 Å². The van der Waals surface area contributed by atoms with E-state index in [-0.39, 0.29) is 5.91 Å². The van der Waals surface area contributed by atoms with Crippen molar-refractivity contribution in [1.82, 2.24) is 10.2 Å². The molecule has 0 atom stereocenters. The smallest absolute Gasteiger partial charge is 0.233 e. The van der Waals surface area contributed by atoms with Crippen LogP contribution >= 0.6 is 11.6 Å². The normalized spacial score (nSPS) is 16.5. The van der Waals surface area contributed by atoms with Crippen LogP contribution in [0.25, 0.3) is 0 Å². The first kappa shape index (κ1) is 15.1. The van der Waals surface area contributed by atoms with Crippen LogP contribution < -0.4 is 10.2 Å². The van der Waals surface area contributed by atoms with E-state index in [0.717, 1.165) is 31.0 Å². The Kier molecular flexibility index (Phi) is 5.26. The second kappa shape index (κ2) is 6.95. The van der Waals surface area contributed by atoms with Gasteiger partial charge in [0.05, 0.1) is 6.54 Å². The van der Waals surface area contributed by atoms with E-state index in [0.29, 0.717) is 12.6 Å². The van der Waals surface area contributed by atoms with Crippen molar-refractivity contribution in [2.45, 2.75) is 18.9 Å². The van der Waals surface area contributed by atoms with Gasteiger partial charge in [-0.15, -0.1) is 0 Å². The van der Waals surface area contributed by atoms with Crippen LogP contribution in [-0.4, -0.2) is 50.6 Å². The number of rotatable bonds is 4. The number of anilines is 1. The molecule has 20 heavy (non-hydrogen) atoms. The van der Waals surface area contributed by atoms with Gasteiger partial charge in [-0.25, -0.2) is 0 Å². The summed E-state index contributed by atoms with van der Waals surface area (Å²) in [4.78, 5) is 15.9. The lowest BCUT2D eigenvalue weighted by atomic mass is 10.0. The fourth-order valence-corrected chi connectivity index (χ4v) is 2.78. The van der Waals surface area contributed by atoms with Crippen LogP contribution in [0.5, 0.6) is 0 Å². The van der Waals surface area contributed by atoms with Crippen molar-refractivity contribution in [1.29, 1.82) is 0 Å². The highest BCUT2D eigenvalue weighted by atomic mass is 35.5. The van der Waals surface area contributed by atoms with E-state index in [1.807, 2.05) is 19.2 Å². The quantitative estimate of drug-likeness (QED) is 0.923. The molecule has 4 nitrogen and oxygen atoms in total. The second-order valence-corrected chi connectivity index (χ2v) is 5.72. The molecule has 5 heteroatoms. The zero-order valence-electron chi connectivity index (χ0n) is 12.1. The summed E-state index contributed by atoms with van der Waals surface area (Å²) in [5, 5.41) is 3.44. The maximum atomic E-state index is 11.4. The molecule has 1 aliphatic heterocycles. The molecule has 0 saturated carbocycles. The Morgan fingerprint density at radius 3 is 2.50 bits per heavy atom. The molecule has 1 N–H and O–H groups in total. The van der Waals surface area contributed by atoms with Gasteiger partial charge in [0.15, 0.2) is 0 Å². The van der Waals surface area contributed by atoms with Crippen molar-refractivity contribution in [3.05, 3.63) is 29.3 Å². The van der Waals surface area contributed by atoms with Crippen LogP contribution in [0.2, 0.25) is 5.02 Å². The summed E-state index contributed by atoms with van der Waals surface area (Å²) in [7, 11) is 3.71. The standard InChI is InChI=1S/C15H22ClN3O/c1-17-15(20)11-18(2)13-7-9-19(10-8-13)14-5-3-12(16)4-6-14/h3-6,13H,7-11H2,1-2H3,(H,17,20). The minimum absolute atomic E-state index is 0.0765. The van der Waals surface area contributed by atoms with Gasteiger partial charge < -0.3 is 10.2 Å². The number of hydrogen-bond donors (Lipinski definition) is 1. The van der Waals surface area contributed by atoms with Crippen molar-refractivity contribution in [3.63, 3.8) is 0 Å². The fourth-order valence-electron chi connectivity index (χ4n) is 2.65. The molecule has 0 radical (unpaired) electrons. The molecular weight excluding hydrogens is 274 g/mol. The lowest BCUT2D eigenvalue weighted by Gasteiger charge is -2.37. The fraction of sp³-hybridized carbons (Fsp3) is 0.533. The molecule has 1 fully saturated rings. The van der Waals surface area contributed by atoms with Crippen LogP contribution in [0.3, 0.4) is 0 Å². The predicted octanol–water partition coefficient (Wildman–Crippen LogP) is 1.99. The summed E-state index contributed by atoms with van der Waals surface area (Å²) in [5.74, 6) is 0.0765. The molecule has 1 aliphatic rings. The SMILES string of the molecule is CNC(=O)CN(C)C1CCN(c2ccc(Cl)cc2)CC1. The van der Waals surface area contributed by atoms with Gasteiger partial charge >= 0.3 is 0 Å². The maximum absolute atomic E-state index is 11.4. The summed E-state index contributed by atoms with van der Waals surface area (Å²) in [6.07, 6.45) is 2.16. The molecule has 0 aromatic heterocycles. The summed E-state index contributed by atoms with van der Waals surface area (Å²) in [5.41, 5.74) is 1.22. The third-order valence-corrected chi connectivity index (χ3v) is 4.20. The van der Waals surface area contributed by atoms with E-state index in [1.54, 1.807) is 7.05 Å². The van der Waals surface area contributed by atoms with E-state index in [4.69, 9.17) is 11.6 Å². The summed E-state index contributed by atoms with van der Waals surface area (Å²) < 4.78 is 0. The molecule has 0 unspecified atom stereocenters. The molecule has 1 heterocycles. The van der Waals surface area contributed by atoms with Gasteiger partial charge in [-0.05, 0) is 44.2 Å². The topological polar surface area (TPSA) is 35.6 Å². The zero-order chi connectivity index (χ0) is 14.5. The third kappa shape index (κ3) is 3.87. The molecule has 1 aromatic rings. The number of carbonyl (C=O) groups excluding carboxylic acids is 1. The lowest BCUT2D eigenvalue weighted by molar-refractivity contribution is -0.122. The number of piperidine rings is 1. The van der Waals surface area contributed by atoms with Crippen LogP contribution in [0.4, 0.5) is 5.69 Å². The van der Waals surface area contributed by atoms with Crippen molar-refractivity contribution in [2.75, 3.05) is 38.6 Å². The predicted molar refractivity (Wildman–Crippen MR) is 83.4 cm³/mol. The second-order valence-electron chi connectivity index (χ2n) is 5.28. The monoisotopic (exact) mass is 295 g/mol. The number of nitrogens with zero attached hydrogens (tertiary/aromatic N) is 2. The molecule has 1 amide bonds. The first-order chi connectivity index (χ1) is 9.60. The van der Waals surface area contributed by atoms with Crippen molar-refractivity contribution < 1.29 is 4.79 Å². The zero-order valence-corrected chi connectivity index (χ0v) is 12.9. The summed E-state index contributed by atoms with van der Waals surface area (Å²) >= 11 is 5.91. The van der Waals surface area contributed by atoms with Gasteiger partial charge in [-0.3, -0.25) is 9.69 Å². The van der Waals surface area contributed by atoms with Gasteiger partial charge in [-0.2, -0.15) is 0 Å². The largest absolute Gasteiger partial charge is 0.371 e. The van der Waals surface area contributed by atoms with Gasteiger partial charge in [-0.1, -0.05) is 11.6 Å². The van der Waals surface area contributed by atoms with E-state index in [1.165, 1.54) is 5.69 Å². The molecule has 110 valence electrons. The number of benzene rings is 1. The molecule has 2 rings (SSSR count). The molecule has 0 spiro atoms. The van der Waals surface area contributed by atoms with E-state index in [2.05, 4.69) is 27.2 Å². The van der Waals surface area contributed by atoms with E-state index in [9.17, 15) is 4.79 Å². The Balaban J connectivity index is 1.85. The summed E-state index contributed by atoms with van der Waals surface area (Å²) in [6.45, 7) is 2.51. The highest BCUT2D eigenvalue weighted by Crippen LogP contribution is 2.23. The third-order valence-electron chi connectivity index (χ3n) is 3.95. The molecule has 0 bridgehead atoms. The average molecular weight is 296 g/mol. The molecule has 0 aliphatic carbocycles. The Hall–Kier alpha value is -1.26. The maximum Gasteiger partial charge on any atom is 0.233 e. The average Bonchev–Trinajstić information content (AvgIpc) is 2.48. The summed E-state index contributed by atoms with van der Waals surface area (Å²) in [6, 6.07) is 8.48. The van der Waals surface area contributed by atoms with Gasteiger partial charge in [0.25, 0.3) is 0 Å². The Labute approximate surface area is 125 Å². The first-order valence-corrected chi connectivity index (χ1v) is 7.39. The number of hydrogen-bond acceptors (Lipinski definition) is 3. The number of likely N-dealkylation sites (N-methyl/N-ethyl adjacent to an activating group) is 2. The number of amides is 1. The van der Waals surface area contributed by atoms with E-state index >= 15 is 0 Å².